The van der Waals surface area contributed by atoms with Gasteiger partial charge in [0.15, 0.2) is 5.82 Å². The lowest BCUT2D eigenvalue weighted by molar-refractivity contribution is -0.117. The number of hydrogen-bond donors (Lipinski definition) is 1. The number of thioether (sulfide) groups is 1. The van der Waals surface area contributed by atoms with E-state index in [0.717, 1.165) is 23.4 Å². The predicted molar refractivity (Wildman–Crippen MR) is 79.3 cm³/mol. The molecule has 21 heavy (non-hydrogen) atoms. The largest absolute Gasteiger partial charge is 0.309 e. The number of nitrogens with one attached hydrogen (secondary N) is 1. The standard InChI is InChI=1S/C15H14FN3OS/c16-12-5-1-10(2-6-12)9-21-14-8-7-13(18-19-14)17-15(20)11-3-4-11/h1-2,5-8,11H,3-4,9H2,(H,17,18,20). The van der Waals surface area contributed by atoms with Crippen LogP contribution in [-0.2, 0) is 10.5 Å². The number of carbonyl (C=O) groups is 1. The van der Waals surface area contributed by atoms with E-state index in [1.807, 2.05) is 6.07 Å². The zero-order valence-corrected chi connectivity index (χ0v) is 12.1. The fourth-order valence-electron chi connectivity index (χ4n) is 1.78. The lowest BCUT2D eigenvalue weighted by Gasteiger charge is -2.04. The van der Waals surface area contributed by atoms with Crippen LogP contribution in [0.2, 0.25) is 0 Å². The number of anilines is 1. The molecule has 3 rings (SSSR count). The highest BCUT2D eigenvalue weighted by Gasteiger charge is 2.29. The molecule has 1 heterocycles. The van der Waals surface area contributed by atoms with E-state index in [9.17, 15) is 9.18 Å². The number of nitrogens with zero attached hydrogens (tertiary/aromatic N) is 2. The highest BCUT2D eigenvalue weighted by atomic mass is 32.2. The van der Waals surface area contributed by atoms with Crippen molar-refractivity contribution in [1.82, 2.24) is 10.2 Å². The molecule has 1 amide bonds. The smallest absolute Gasteiger partial charge is 0.228 e. The van der Waals surface area contributed by atoms with Gasteiger partial charge in [-0.25, -0.2) is 4.39 Å². The predicted octanol–water partition coefficient (Wildman–Crippen LogP) is 3.26. The Labute approximate surface area is 126 Å². The second-order valence-corrected chi connectivity index (χ2v) is 5.93. The summed E-state index contributed by atoms with van der Waals surface area (Å²) in [5.41, 5.74) is 1.02. The summed E-state index contributed by atoms with van der Waals surface area (Å²) in [6.45, 7) is 0. The molecule has 0 unspecified atom stereocenters. The van der Waals surface area contributed by atoms with Crippen LogP contribution in [0.15, 0.2) is 41.4 Å². The molecule has 1 N–H and O–H groups in total. The Balaban J connectivity index is 1.54. The van der Waals surface area contributed by atoms with Gasteiger partial charge < -0.3 is 5.32 Å². The molecule has 1 aliphatic rings. The molecule has 0 radical (unpaired) electrons. The molecule has 6 heteroatoms. The van der Waals surface area contributed by atoms with E-state index in [2.05, 4.69) is 15.5 Å². The second kappa shape index (κ2) is 6.22. The number of benzene rings is 1. The van der Waals surface area contributed by atoms with E-state index in [-0.39, 0.29) is 17.6 Å². The van der Waals surface area contributed by atoms with Gasteiger partial charge in [-0.05, 0) is 42.7 Å². The molecule has 0 aliphatic heterocycles. The summed E-state index contributed by atoms with van der Waals surface area (Å²) in [6.07, 6.45) is 1.93. The third kappa shape index (κ3) is 4.01. The van der Waals surface area contributed by atoms with Gasteiger partial charge in [0.2, 0.25) is 5.91 Å². The average Bonchev–Trinajstić information content (AvgIpc) is 3.33. The van der Waals surface area contributed by atoms with Gasteiger partial charge in [-0.15, -0.1) is 10.2 Å². The molecule has 1 aromatic carbocycles. The van der Waals surface area contributed by atoms with Crippen molar-refractivity contribution in [1.29, 1.82) is 0 Å². The maximum atomic E-state index is 12.8. The molecule has 0 atom stereocenters. The monoisotopic (exact) mass is 303 g/mol. The zero-order valence-electron chi connectivity index (χ0n) is 11.3. The van der Waals surface area contributed by atoms with Crippen molar-refractivity contribution >= 4 is 23.5 Å². The van der Waals surface area contributed by atoms with Gasteiger partial charge in [-0.1, -0.05) is 23.9 Å². The van der Waals surface area contributed by atoms with Crippen molar-refractivity contribution in [3.63, 3.8) is 0 Å². The van der Waals surface area contributed by atoms with Gasteiger partial charge in [0.25, 0.3) is 0 Å². The molecule has 1 aromatic heterocycles. The van der Waals surface area contributed by atoms with Gasteiger partial charge in [-0.3, -0.25) is 4.79 Å². The molecule has 2 aromatic rings. The minimum absolute atomic E-state index is 0.0241. The van der Waals surface area contributed by atoms with E-state index in [4.69, 9.17) is 0 Å². The normalized spacial score (nSPS) is 14.0. The van der Waals surface area contributed by atoms with Crippen molar-refractivity contribution in [2.75, 3.05) is 5.32 Å². The molecule has 108 valence electrons. The molecule has 1 fully saturated rings. The Kier molecular flexibility index (Phi) is 4.15. The molecule has 4 nitrogen and oxygen atoms in total. The first kappa shape index (κ1) is 14.0. The van der Waals surface area contributed by atoms with E-state index < -0.39 is 0 Å². The summed E-state index contributed by atoms with van der Waals surface area (Å²) < 4.78 is 12.8. The summed E-state index contributed by atoms with van der Waals surface area (Å²) >= 11 is 1.52. The maximum Gasteiger partial charge on any atom is 0.228 e. The second-order valence-electron chi connectivity index (χ2n) is 4.94. The van der Waals surface area contributed by atoms with E-state index in [1.54, 1.807) is 18.2 Å². The first-order valence-electron chi connectivity index (χ1n) is 6.72. The summed E-state index contributed by atoms with van der Waals surface area (Å²) in [5, 5.41) is 11.6. The summed E-state index contributed by atoms with van der Waals surface area (Å²) in [5.74, 6) is 1.12. The van der Waals surface area contributed by atoms with Crippen LogP contribution in [-0.4, -0.2) is 16.1 Å². The van der Waals surface area contributed by atoms with Crippen LogP contribution in [0.5, 0.6) is 0 Å². The molecule has 0 bridgehead atoms. The van der Waals surface area contributed by atoms with Crippen molar-refractivity contribution in [3.8, 4) is 0 Å². The fraction of sp³-hybridized carbons (Fsp3) is 0.267. The van der Waals surface area contributed by atoms with Gasteiger partial charge in [0.05, 0.1) is 0 Å². The fourth-order valence-corrected chi connectivity index (χ4v) is 2.55. The number of amides is 1. The van der Waals surface area contributed by atoms with Gasteiger partial charge >= 0.3 is 0 Å². The first-order valence-corrected chi connectivity index (χ1v) is 7.71. The third-order valence-electron chi connectivity index (χ3n) is 3.14. The van der Waals surface area contributed by atoms with Crippen molar-refractivity contribution < 1.29 is 9.18 Å². The summed E-state index contributed by atoms with van der Waals surface area (Å²) in [4.78, 5) is 11.6. The van der Waals surface area contributed by atoms with Crippen LogP contribution >= 0.6 is 11.8 Å². The average molecular weight is 303 g/mol. The molecular weight excluding hydrogens is 289 g/mol. The summed E-state index contributed by atoms with van der Waals surface area (Å²) in [7, 11) is 0. The van der Waals surface area contributed by atoms with Crippen molar-refractivity contribution in [2.24, 2.45) is 5.92 Å². The summed E-state index contributed by atoms with van der Waals surface area (Å²) in [6, 6.07) is 9.96. The molecule has 1 saturated carbocycles. The number of aromatic nitrogens is 2. The molecular formula is C15H14FN3OS. The minimum Gasteiger partial charge on any atom is -0.309 e. The van der Waals surface area contributed by atoms with Crippen LogP contribution in [0, 0.1) is 11.7 Å². The number of carbonyl (C=O) groups excluding carboxylic acids is 1. The van der Waals surface area contributed by atoms with Crippen LogP contribution in [0.3, 0.4) is 0 Å². The Bertz CT molecular complexity index is 626. The Morgan fingerprint density at radius 3 is 2.57 bits per heavy atom. The number of halogens is 1. The quantitative estimate of drug-likeness (QED) is 0.861. The van der Waals surface area contributed by atoms with E-state index in [1.165, 1.54) is 23.9 Å². The lowest BCUT2D eigenvalue weighted by atomic mass is 10.2. The first-order chi connectivity index (χ1) is 10.2. The van der Waals surface area contributed by atoms with Gasteiger partial charge in [-0.2, -0.15) is 0 Å². The van der Waals surface area contributed by atoms with Crippen LogP contribution in [0.1, 0.15) is 18.4 Å². The SMILES string of the molecule is O=C(Nc1ccc(SCc2ccc(F)cc2)nn1)C1CC1. The van der Waals surface area contributed by atoms with Crippen LogP contribution < -0.4 is 5.32 Å². The van der Waals surface area contributed by atoms with Gasteiger partial charge in [0, 0.05) is 11.7 Å². The number of hydrogen-bond acceptors (Lipinski definition) is 4. The lowest BCUT2D eigenvalue weighted by Crippen LogP contribution is -2.14. The third-order valence-corrected chi connectivity index (χ3v) is 4.13. The Hall–Kier alpha value is -1.95. The molecule has 0 spiro atoms. The van der Waals surface area contributed by atoms with Crippen LogP contribution in [0.4, 0.5) is 10.2 Å². The van der Waals surface area contributed by atoms with Crippen molar-refractivity contribution in [2.45, 2.75) is 23.6 Å². The van der Waals surface area contributed by atoms with Gasteiger partial charge in [0.1, 0.15) is 10.8 Å². The minimum atomic E-state index is -0.237. The zero-order chi connectivity index (χ0) is 14.7. The van der Waals surface area contributed by atoms with Crippen molar-refractivity contribution in [3.05, 3.63) is 47.8 Å². The molecule has 1 aliphatic carbocycles. The van der Waals surface area contributed by atoms with E-state index in [0.29, 0.717) is 11.6 Å². The van der Waals surface area contributed by atoms with Crippen LogP contribution in [0.25, 0.3) is 0 Å². The Morgan fingerprint density at radius 2 is 1.95 bits per heavy atom. The number of rotatable bonds is 5. The topological polar surface area (TPSA) is 54.9 Å². The Morgan fingerprint density at radius 1 is 1.19 bits per heavy atom. The van der Waals surface area contributed by atoms with E-state index >= 15 is 0 Å². The highest BCUT2D eigenvalue weighted by Crippen LogP contribution is 2.30. The maximum absolute atomic E-state index is 12.8. The molecule has 0 saturated heterocycles. The highest BCUT2D eigenvalue weighted by molar-refractivity contribution is 7.98.